The van der Waals surface area contributed by atoms with E-state index >= 15 is 0 Å². The Bertz CT molecular complexity index is 246. The highest BCUT2D eigenvalue weighted by molar-refractivity contribution is 5.93. The van der Waals surface area contributed by atoms with Gasteiger partial charge in [-0.15, -0.1) is 0 Å². The maximum atomic E-state index is 11.1. The van der Waals surface area contributed by atoms with Gasteiger partial charge in [-0.3, -0.25) is 0 Å². The molecule has 0 bridgehead atoms. The molecule has 0 atom stereocenters. The fourth-order valence-electron chi connectivity index (χ4n) is 0.651. The fraction of sp³-hybridized carbons (Fsp3) is 0.556. The van der Waals surface area contributed by atoms with Crippen LogP contribution in [0.25, 0.3) is 0 Å². The molecular formula is C9H13NO3. The third-order valence-electron chi connectivity index (χ3n) is 1.34. The first kappa shape index (κ1) is 11.7. The molecule has 0 amide bonds. The average molecular weight is 183 g/mol. The highest BCUT2D eigenvalue weighted by Crippen LogP contribution is 2.03. The summed E-state index contributed by atoms with van der Waals surface area (Å²) in [5.41, 5.74) is 0.723. The zero-order chi connectivity index (χ0) is 10.3. The molecule has 0 heterocycles. The predicted octanol–water partition coefficient (Wildman–Crippen LogP) is 1.04. The van der Waals surface area contributed by atoms with Crippen LogP contribution in [0.2, 0.25) is 0 Å². The van der Waals surface area contributed by atoms with E-state index in [1.54, 1.807) is 19.9 Å². The smallest absolute Gasteiger partial charge is 0.348 e. The van der Waals surface area contributed by atoms with Crippen LogP contribution < -0.4 is 0 Å². The Balaban J connectivity index is 4.12. The fourth-order valence-corrected chi connectivity index (χ4v) is 0.651. The van der Waals surface area contributed by atoms with Crippen molar-refractivity contribution in [2.45, 2.75) is 13.8 Å². The van der Waals surface area contributed by atoms with E-state index in [0.29, 0.717) is 12.2 Å². The Morgan fingerprint density at radius 1 is 1.38 bits per heavy atom. The highest BCUT2D eigenvalue weighted by Gasteiger charge is 2.11. The van der Waals surface area contributed by atoms with Crippen LogP contribution in [-0.4, -0.2) is 26.3 Å². The lowest BCUT2D eigenvalue weighted by Crippen LogP contribution is -2.11. The van der Waals surface area contributed by atoms with Crippen LogP contribution in [0, 0.1) is 11.3 Å². The van der Waals surface area contributed by atoms with Gasteiger partial charge in [-0.1, -0.05) is 5.57 Å². The minimum Gasteiger partial charge on any atom is -0.459 e. The zero-order valence-electron chi connectivity index (χ0n) is 8.09. The van der Waals surface area contributed by atoms with Crippen molar-refractivity contribution in [3.63, 3.8) is 0 Å². The van der Waals surface area contributed by atoms with Gasteiger partial charge >= 0.3 is 5.97 Å². The van der Waals surface area contributed by atoms with E-state index in [1.807, 2.05) is 0 Å². The minimum absolute atomic E-state index is 0.0658. The molecule has 0 aromatic heterocycles. The molecule has 0 aromatic rings. The van der Waals surface area contributed by atoms with Gasteiger partial charge in [0.1, 0.15) is 18.2 Å². The summed E-state index contributed by atoms with van der Waals surface area (Å²) in [6, 6.07) is 1.79. The number of nitrogens with zero attached hydrogens (tertiary/aromatic N) is 1. The summed E-state index contributed by atoms with van der Waals surface area (Å²) in [6.45, 7) is 3.90. The van der Waals surface area contributed by atoms with Crippen molar-refractivity contribution in [3.05, 3.63) is 11.1 Å². The quantitative estimate of drug-likeness (QED) is 0.283. The topological polar surface area (TPSA) is 59.3 Å². The van der Waals surface area contributed by atoms with Crippen LogP contribution in [0.4, 0.5) is 0 Å². The SMILES string of the molecule is COCCOC(=O)C(C#N)=C(C)C. The van der Waals surface area contributed by atoms with E-state index in [9.17, 15) is 4.79 Å². The van der Waals surface area contributed by atoms with Crippen molar-refractivity contribution in [1.82, 2.24) is 0 Å². The largest absolute Gasteiger partial charge is 0.459 e. The number of hydrogen-bond donors (Lipinski definition) is 0. The summed E-state index contributed by atoms with van der Waals surface area (Å²) in [6.07, 6.45) is 0. The summed E-state index contributed by atoms with van der Waals surface area (Å²) in [4.78, 5) is 11.1. The summed E-state index contributed by atoms with van der Waals surface area (Å²) in [5, 5.41) is 8.58. The zero-order valence-corrected chi connectivity index (χ0v) is 8.09. The second-order valence-corrected chi connectivity index (χ2v) is 2.62. The highest BCUT2D eigenvalue weighted by atomic mass is 16.6. The summed E-state index contributed by atoms with van der Waals surface area (Å²) in [7, 11) is 1.51. The molecule has 0 aliphatic heterocycles. The van der Waals surface area contributed by atoms with E-state index < -0.39 is 5.97 Å². The van der Waals surface area contributed by atoms with E-state index in [4.69, 9.17) is 10.00 Å². The van der Waals surface area contributed by atoms with Crippen molar-refractivity contribution < 1.29 is 14.3 Å². The number of carbonyl (C=O) groups excluding carboxylic acids is 1. The molecule has 0 unspecified atom stereocenters. The summed E-state index contributed by atoms with van der Waals surface area (Å²) < 4.78 is 9.44. The molecule has 4 nitrogen and oxygen atoms in total. The lowest BCUT2D eigenvalue weighted by molar-refractivity contribution is -0.139. The lowest BCUT2D eigenvalue weighted by atomic mass is 10.2. The number of nitriles is 1. The second-order valence-electron chi connectivity index (χ2n) is 2.62. The van der Waals surface area contributed by atoms with E-state index in [-0.39, 0.29) is 12.2 Å². The van der Waals surface area contributed by atoms with Crippen LogP contribution >= 0.6 is 0 Å². The molecule has 13 heavy (non-hydrogen) atoms. The predicted molar refractivity (Wildman–Crippen MR) is 46.8 cm³/mol. The van der Waals surface area contributed by atoms with Gasteiger partial charge in [0, 0.05) is 7.11 Å². The van der Waals surface area contributed by atoms with Crippen molar-refractivity contribution >= 4 is 5.97 Å². The molecule has 0 N–H and O–H groups in total. The third-order valence-corrected chi connectivity index (χ3v) is 1.34. The van der Waals surface area contributed by atoms with Gasteiger partial charge in [-0.05, 0) is 13.8 Å². The number of methoxy groups -OCH3 is 1. The van der Waals surface area contributed by atoms with E-state index in [0.717, 1.165) is 0 Å². The monoisotopic (exact) mass is 183 g/mol. The van der Waals surface area contributed by atoms with Crippen LogP contribution in [0.3, 0.4) is 0 Å². The number of allylic oxidation sites excluding steroid dienone is 1. The second kappa shape index (κ2) is 6.21. The number of carbonyl (C=O) groups is 1. The Hall–Kier alpha value is -1.34. The third kappa shape index (κ3) is 4.28. The van der Waals surface area contributed by atoms with Gasteiger partial charge in [-0.25, -0.2) is 4.79 Å². The standard InChI is InChI=1S/C9H13NO3/c1-7(2)8(6-10)9(11)13-5-4-12-3/h4-5H2,1-3H3. The first-order valence-corrected chi connectivity index (χ1v) is 3.87. The first-order chi connectivity index (χ1) is 6.13. The molecule has 0 saturated heterocycles. The van der Waals surface area contributed by atoms with Crippen LogP contribution in [-0.2, 0) is 14.3 Å². The number of rotatable bonds is 4. The van der Waals surface area contributed by atoms with E-state index in [2.05, 4.69) is 4.74 Å². The molecule has 0 fully saturated rings. The van der Waals surface area contributed by atoms with Crippen LogP contribution in [0.1, 0.15) is 13.8 Å². The summed E-state index contributed by atoms with van der Waals surface area (Å²) in [5.74, 6) is -0.584. The molecule has 0 aromatic carbocycles. The van der Waals surface area contributed by atoms with Gasteiger partial charge in [0.25, 0.3) is 0 Å². The Labute approximate surface area is 77.8 Å². The van der Waals surface area contributed by atoms with Gasteiger partial charge in [0.15, 0.2) is 0 Å². The van der Waals surface area contributed by atoms with Crippen LogP contribution in [0.5, 0.6) is 0 Å². The molecule has 0 spiro atoms. The molecule has 0 aliphatic rings. The maximum Gasteiger partial charge on any atom is 0.348 e. The van der Waals surface area contributed by atoms with Gasteiger partial charge < -0.3 is 9.47 Å². The number of ether oxygens (including phenoxy) is 2. The lowest BCUT2D eigenvalue weighted by Gasteiger charge is -2.03. The molecule has 4 heteroatoms. The molecule has 0 saturated carbocycles. The Morgan fingerprint density at radius 2 is 2.00 bits per heavy atom. The first-order valence-electron chi connectivity index (χ1n) is 3.87. The Kier molecular flexibility index (Phi) is 5.57. The van der Waals surface area contributed by atoms with Crippen molar-refractivity contribution in [1.29, 1.82) is 5.26 Å². The normalized spacial score (nSPS) is 8.77. The van der Waals surface area contributed by atoms with Crippen molar-refractivity contribution in [2.75, 3.05) is 20.3 Å². The van der Waals surface area contributed by atoms with Crippen LogP contribution in [0.15, 0.2) is 11.1 Å². The van der Waals surface area contributed by atoms with Crippen molar-refractivity contribution in [3.8, 4) is 6.07 Å². The molecule has 72 valence electrons. The van der Waals surface area contributed by atoms with Gasteiger partial charge in [-0.2, -0.15) is 5.26 Å². The minimum atomic E-state index is -0.584. The maximum absolute atomic E-state index is 11.1. The molecule has 0 radical (unpaired) electrons. The number of hydrogen-bond acceptors (Lipinski definition) is 4. The average Bonchev–Trinajstić information content (AvgIpc) is 2.05. The molecule has 0 rings (SSSR count). The summed E-state index contributed by atoms with van der Waals surface area (Å²) >= 11 is 0. The van der Waals surface area contributed by atoms with Gasteiger partial charge in [0.05, 0.1) is 6.61 Å². The molecule has 0 aliphatic carbocycles. The van der Waals surface area contributed by atoms with Gasteiger partial charge in [0.2, 0.25) is 0 Å². The molecular weight excluding hydrogens is 170 g/mol. The van der Waals surface area contributed by atoms with Crippen molar-refractivity contribution in [2.24, 2.45) is 0 Å². The Morgan fingerprint density at radius 3 is 2.38 bits per heavy atom. The van der Waals surface area contributed by atoms with E-state index in [1.165, 1.54) is 7.11 Å². The number of esters is 1.